The Bertz CT molecular complexity index is 1050. The molecule has 0 bridgehead atoms. The molecule has 2 fully saturated rings. The minimum absolute atomic E-state index is 0. The van der Waals surface area contributed by atoms with Crippen LogP contribution in [0.5, 0.6) is 0 Å². The van der Waals surface area contributed by atoms with Crippen molar-refractivity contribution in [2.45, 2.75) is 43.0 Å². The van der Waals surface area contributed by atoms with Gasteiger partial charge in [0.25, 0.3) is 5.91 Å². The van der Waals surface area contributed by atoms with E-state index in [9.17, 15) is 19.5 Å². The third kappa shape index (κ3) is 5.48. The van der Waals surface area contributed by atoms with Gasteiger partial charge in [0.15, 0.2) is 0 Å². The number of benzene rings is 1. The number of carboxylic acids is 1. The summed E-state index contributed by atoms with van der Waals surface area (Å²) in [5, 5.41) is 18.1. The topological polar surface area (TPSA) is 179 Å². The molecule has 3 heterocycles. The molecule has 2 aromatic rings. The van der Waals surface area contributed by atoms with Crippen LogP contribution >= 0.6 is 23.4 Å². The number of nitrogens with zero attached hydrogens (tertiary/aromatic N) is 2. The van der Waals surface area contributed by atoms with E-state index in [1.54, 1.807) is 45.0 Å². The Morgan fingerprint density at radius 1 is 1.24 bits per heavy atom. The Labute approximate surface area is 243 Å². The van der Waals surface area contributed by atoms with Gasteiger partial charge in [0.05, 0.1) is 17.0 Å². The predicted molar refractivity (Wildman–Crippen MR) is 111 cm³/mol. The van der Waals surface area contributed by atoms with Gasteiger partial charge < -0.3 is 35.6 Å². The van der Waals surface area contributed by atoms with E-state index in [4.69, 9.17) is 16.1 Å². The van der Waals surface area contributed by atoms with Gasteiger partial charge in [-0.1, -0.05) is 35.0 Å². The summed E-state index contributed by atoms with van der Waals surface area (Å²) in [6, 6.07) is 5.02. The average Bonchev–Trinajstić information content (AvgIpc) is 3.15. The van der Waals surface area contributed by atoms with E-state index in [2.05, 4.69) is 10.5 Å². The van der Waals surface area contributed by atoms with E-state index in [0.717, 1.165) is 0 Å². The van der Waals surface area contributed by atoms with Gasteiger partial charge in [-0.2, -0.15) is 0 Å². The van der Waals surface area contributed by atoms with Crippen molar-refractivity contribution in [3.8, 4) is 11.3 Å². The number of carboxylic acid groups (broad SMARTS) is 1. The van der Waals surface area contributed by atoms with Crippen LogP contribution in [-0.2, 0) is 9.59 Å². The van der Waals surface area contributed by atoms with Gasteiger partial charge in [-0.25, -0.2) is 0 Å². The van der Waals surface area contributed by atoms with Crippen LogP contribution in [0.2, 0.25) is 5.02 Å². The summed E-state index contributed by atoms with van der Waals surface area (Å²) >= 11 is 7.54. The largest absolute Gasteiger partial charge is 1.00 e. The summed E-state index contributed by atoms with van der Waals surface area (Å²) in [5.74, 6) is -2.01. The van der Waals surface area contributed by atoms with Gasteiger partial charge in [0, 0.05) is 10.3 Å². The number of hydrogen-bond donors (Lipinski definition) is 1. The van der Waals surface area contributed by atoms with E-state index in [0.29, 0.717) is 10.6 Å². The third-order valence-corrected chi connectivity index (χ3v) is 7.07. The zero-order chi connectivity index (χ0) is 21.1. The number of aryl methyl sites for hydroxylation is 1. The van der Waals surface area contributed by atoms with Crippen LogP contribution in [0.1, 0.15) is 30.0 Å². The molecule has 0 unspecified atom stereocenters. The van der Waals surface area contributed by atoms with Crippen LogP contribution in [0.15, 0.2) is 28.8 Å². The fourth-order valence-electron chi connectivity index (χ4n) is 3.82. The smallest absolute Gasteiger partial charge is 0.548 e. The Balaban J connectivity index is 0.00000256. The second-order valence-corrected chi connectivity index (χ2v) is 9.65. The number of amides is 2. The van der Waals surface area contributed by atoms with Crippen molar-refractivity contribution in [2.24, 2.45) is 0 Å². The molecule has 168 valence electrons. The number of thioether (sulfide) groups is 1. The standard InChI is InChI=1S/C19H18ClN3O5S.2Na.2H2O/c1-8-11(12(22-28-8)9-6-4-5-7-10(9)20)15(24)21-13-16(25)23-14(18(26)27)19(2,3)29-17(13)23;;;;/h4-7,13-14,17H,1-3H3,(H,21,24)(H,26,27);;;2*1H2/q;2*+1;;/p-1/t13-,14+,17-;;;;/m1..../s1. The van der Waals surface area contributed by atoms with Crippen molar-refractivity contribution in [1.82, 2.24) is 15.4 Å². The molecule has 2 aliphatic heterocycles. The number of aliphatic carboxylic acids is 1. The van der Waals surface area contributed by atoms with Gasteiger partial charge in [-0.05, 0) is 26.8 Å². The molecule has 0 aliphatic carbocycles. The number of fused-ring (bicyclic) bond motifs is 1. The predicted octanol–water partition coefficient (Wildman–Crippen LogP) is -6.43. The summed E-state index contributed by atoms with van der Waals surface area (Å²) in [5.41, 5.74) is 0.996. The summed E-state index contributed by atoms with van der Waals surface area (Å²) < 4.78 is 4.47. The maximum Gasteiger partial charge on any atom is 1.00 e. The van der Waals surface area contributed by atoms with Gasteiger partial charge in [-0.3, -0.25) is 9.59 Å². The molecule has 2 saturated heterocycles. The summed E-state index contributed by atoms with van der Waals surface area (Å²) in [6.07, 6.45) is 0. The fraction of sp³-hybridized carbons (Fsp3) is 0.368. The molecule has 1 aromatic heterocycles. The summed E-state index contributed by atoms with van der Waals surface area (Å²) in [6.45, 7) is 5.07. The number of hydrogen-bond acceptors (Lipinski definition) is 7. The van der Waals surface area contributed by atoms with Gasteiger partial charge >= 0.3 is 59.1 Å². The van der Waals surface area contributed by atoms with E-state index >= 15 is 0 Å². The first-order chi connectivity index (χ1) is 13.6. The first kappa shape index (κ1) is 32.4. The molecule has 0 spiro atoms. The van der Waals surface area contributed by atoms with E-state index in [1.807, 2.05) is 0 Å². The number of halogens is 1. The van der Waals surface area contributed by atoms with Gasteiger partial charge in [0.2, 0.25) is 5.91 Å². The van der Waals surface area contributed by atoms with Gasteiger partial charge in [0.1, 0.15) is 28.4 Å². The monoisotopic (exact) mass is 516 g/mol. The SMILES string of the molecule is Cc1onc(-c2ccccc2Cl)c1C(=O)N[C@@H]1C(=O)N2[C@@H]1SC(C)(C)[C@@H]2C(=O)[O-].O.O.[Na+].[Na+]. The number of nitrogens with one attached hydrogen (secondary N) is 1. The summed E-state index contributed by atoms with van der Waals surface area (Å²) in [7, 11) is 0. The van der Waals surface area contributed by atoms with Crippen molar-refractivity contribution in [3.05, 3.63) is 40.6 Å². The zero-order valence-corrected chi connectivity index (χ0v) is 24.3. The minimum atomic E-state index is -1.31. The first-order valence-corrected chi connectivity index (χ1v) is 10.1. The molecular weight excluding hydrogens is 496 g/mol. The number of β-lactam (4-membered cyclic amide) rings is 1. The van der Waals surface area contributed by atoms with Crippen molar-refractivity contribution in [2.75, 3.05) is 0 Å². The molecule has 0 saturated carbocycles. The molecule has 33 heavy (non-hydrogen) atoms. The number of rotatable bonds is 4. The van der Waals surface area contributed by atoms with E-state index in [-0.39, 0.29) is 87.1 Å². The van der Waals surface area contributed by atoms with Crippen molar-refractivity contribution < 1.29 is 94.1 Å². The van der Waals surface area contributed by atoms with Crippen LogP contribution in [-0.4, -0.2) is 61.0 Å². The van der Waals surface area contributed by atoms with Crippen molar-refractivity contribution in [1.29, 1.82) is 0 Å². The molecule has 10 nitrogen and oxygen atoms in total. The minimum Gasteiger partial charge on any atom is -0.548 e. The fourth-order valence-corrected chi connectivity index (χ4v) is 5.66. The molecule has 2 amide bonds. The summed E-state index contributed by atoms with van der Waals surface area (Å²) in [4.78, 5) is 38.3. The van der Waals surface area contributed by atoms with E-state index < -0.39 is 40.0 Å². The molecule has 2 aliphatic rings. The first-order valence-electron chi connectivity index (χ1n) is 8.86. The van der Waals surface area contributed by atoms with Crippen LogP contribution in [0.3, 0.4) is 0 Å². The maximum absolute atomic E-state index is 13.0. The molecule has 14 heteroatoms. The zero-order valence-electron chi connectivity index (χ0n) is 18.8. The Morgan fingerprint density at radius 3 is 2.42 bits per heavy atom. The van der Waals surface area contributed by atoms with Crippen LogP contribution < -0.4 is 69.5 Å². The second kappa shape index (κ2) is 11.9. The third-order valence-electron chi connectivity index (χ3n) is 5.17. The Hall–Kier alpha value is -0.600. The normalized spacial score (nSPS) is 21.8. The second-order valence-electron chi connectivity index (χ2n) is 7.47. The number of carbonyl (C=O) groups excluding carboxylic acids is 3. The number of aromatic nitrogens is 1. The Morgan fingerprint density at radius 2 is 1.85 bits per heavy atom. The van der Waals surface area contributed by atoms with Crippen molar-refractivity contribution >= 4 is 41.1 Å². The molecule has 0 radical (unpaired) electrons. The quantitative estimate of drug-likeness (QED) is 0.310. The molecule has 3 atom stereocenters. The molecule has 4 rings (SSSR count). The van der Waals surface area contributed by atoms with Crippen molar-refractivity contribution in [3.63, 3.8) is 0 Å². The molecule has 1 aromatic carbocycles. The van der Waals surface area contributed by atoms with E-state index in [1.165, 1.54) is 16.7 Å². The van der Waals surface area contributed by atoms with Crippen LogP contribution in [0.25, 0.3) is 11.3 Å². The molecular formula is C19H21ClN3Na2O7S+. The molecule has 5 N–H and O–H groups in total. The maximum atomic E-state index is 13.0. The van der Waals surface area contributed by atoms with Gasteiger partial charge in [-0.15, -0.1) is 11.8 Å². The number of carbonyl (C=O) groups is 3. The Kier molecular flexibility index (Phi) is 11.7. The average molecular weight is 517 g/mol. The van der Waals surface area contributed by atoms with Crippen LogP contribution in [0.4, 0.5) is 0 Å². The van der Waals surface area contributed by atoms with Crippen LogP contribution in [0, 0.1) is 6.92 Å².